The molecule has 4 aromatic carbocycles. The Morgan fingerprint density at radius 3 is 0.726 bits per heavy atom. The van der Waals surface area contributed by atoms with E-state index in [1.54, 1.807) is 0 Å². The van der Waals surface area contributed by atoms with Crippen LogP contribution in [0.25, 0.3) is 21.5 Å². The Kier molecular flexibility index (Phi) is 24.7. The molecule has 62 heavy (non-hydrogen) atoms. The fourth-order valence-electron chi connectivity index (χ4n) is 8.79. The predicted octanol–water partition coefficient (Wildman–Crippen LogP) is 18.1. The predicted molar refractivity (Wildman–Crippen MR) is 273 cm³/mol. The summed E-state index contributed by atoms with van der Waals surface area (Å²) >= 11 is 3.93. The molecule has 4 aromatic rings. The third-order valence-electron chi connectivity index (χ3n) is 12.5. The lowest BCUT2D eigenvalue weighted by molar-refractivity contribution is 0.302. The first-order valence-corrected chi connectivity index (χ1v) is 27.8. The van der Waals surface area contributed by atoms with Gasteiger partial charge in [-0.25, -0.2) is 0 Å². The van der Waals surface area contributed by atoms with Crippen molar-refractivity contribution < 1.29 is 18.9 Å². The van der Waals surface area contributed by atoms with Crippen molar-refractivity contribution in [3.63, 3.8) is 0 Å². The fourth-order valence-corrected chi connectivity index (χ4v) is 10.8. The maximum atomic E-state index is 6.86. The minimum atomic E-state index is 0.750. The van der Waals surface area contributed by atoms with Crippen LogP contribution in [-0.2, 0) is 23.0 Å². The second kappa shape index (κ2) is 30.4. The number of unbranched alkanes of at least 4 members (excludes halogenated alkanes) is 20. The van der Waals surface area contributed by atoms with Gasteiger partial charge in [0.05, 0.1) is 26.4 Å². The molecule has 12 rings (SSSR count). The highest BCUT2D eigenvalue weighted by atomic mass is 32.2. The topological polar surface area (TPSA) is 36.9 Å². The zero-order valence-corrected chi connectivity index (χ0v) is 41.3. The second-order valence-corrected chi connectivity index (χ2v) is 19.8. The van der Waals surface area contributed by atoms with E-state index in [0.29, 0.717) is 0 Å². The lowest BCUT2D eigenvalue weighted by atomic mass is 10.0. The summed E-state index contributed by atoms with van der Waals surface area (Å²) in [5.74, 6) is 7.66. The molecule has 8 heterocycles. The third kappa shape index (κ3) is 16.4. The van der Waals surface area contributed by atoms with Crippen LogP contribution < -0.4 is 18.9 Å². The summed E-state index contributed by atoms with van der Waals surface area (Å²) in [5, 5.41) is 4.75. The highest BCUT2D eigenvalue weighted by molar-refractivity contribution is 7.98. The molecule has 344 valence electrons. The van der Waals surface area contributed by atoms with E-state index in [1.165, 1.54) is 172 Å². The summed E-state index contributed by atoms with van der Waals surface area (Å²) in [6.45, 7) is 12.2. The van der Waals surface area contributed by atoms with Gasteiger partial charge in [-0.05, 0) is 25.7 Å². The lowest BCUT2D eigenvalue weighted by Crippen LogP contribution is -2.05. The number of ether oxygens (including phenoxy) is 4. The minimum Gasteiger partial charge on any atom is -0.493 e. The summed E-state index contributed by atoms with van der Waals surface area (Å²) < 4.78 is 27.4. The summed E-state index contributed by atoms with van der Waals surface area (Å²) in [6.07, 6.45) is 30.1. The average Bonchev–Trinajstić information content (AvgIpc) is 3.28. The molecule has 6 heteroatoms. The molecule has 0 radical (unpaired) electrons. The maximum absolute atomic E-state index is 6.86. The van der Waals surface area contributed by atoms with Gasteiger partial charge in [0.15, 0.2) is 0 Å². The van der Waals surface area contributed by atoms with Crippen molar-refractivity contribution in [3.05, 3.63) is 70.8 Å². The molecule has 8 aliphatic rings. The third-order valence-corrected chi connectivity index (χ3v) is 14.6. The Labute approximate surface area is 387 Å². The smallest absolute Gasteiger partial charge is 0.131 e. The summed E-state index contributed by atoms with van der Waals surface area (Å²) in [4.78, 5) is 0. The second-order valence-electron chi connectivity index (χ2n) is 17.9. The van der Waals surface area contributed by atoms with Crippen LogP contribution in [0.1, 0.15) is 204 Å². The number of rotatable bonds is 32. The molecule has 0 fully saturated rings. The van der Waals surface area contributed by atoms with Crippen LogP contribution in [0.2, 0.25) is 0 Å². The fraction of sp³-hybridized carbons (Fsp3) is 0.643. The van der Waals surface area contributed by atoms with Crippen LogP contribution in [0.3, 0.4) is 0 Å². The van der Waals surface area contributed by atoms with Gasteiger partial charge in [0, 0.05) is 66.8 Å². The first-order valence-electron chi connectivity index (χ1n) is 25.5. The van der Waals surface area contributed by atoms with Gasteiger partial charge in [0.25, 0.3) is 0 Å². The van der Waals surface area contributed by atoms with E-state index in [-0.39, 0.29) is 0 Å². The normalized spacial score (nSPS) is 13.0. The van der Waals surface area contributed by atoms with E-state index in [0.717, 1.165) is 98.1 Å². The Balaban J connectivity index is 1.46. The standard InChI is InChI=1S/C56H84O4S2/c1-5-9-13-17-21-25-37-57-53-45-29-34-50-49(53)33-30-46(54(50)58-38-26-22-18-14-10-6-2)43-62-44-48-32-36-51-52(56(48)60-40-28-24-20-16-12-8-4)35-31-47(42-61-41-45)55(51)59-39-27-23-19-15-11-7-3/h29-36H,5-28,37-44H2,1-4H3. The van der Waals surface area contributed by atoms with Gasteiger partial charge < -0.3 is 18.9 Å². The highest BCUT2D eigenvalue weighted by Crippen LogP contribution is 2.44. The van der Waals surface area contributed by atoms with Crippen LogP contribution in [0.15, 0.2) is 48.5 Å². The summed E-state index contributed by atoms with van der Waals surface area (Å²) in [7, 11) is 0. The molecule has 0 atom stereocenters. The van der Waals surface area contributed by atoms with Crippen molar-refractivity contribution >= 4 is 45.1 Å². The van der Waals surface area contributed by atoms with Gasteiger partial charge >= 0.3 is 0 Å². The van der Waals surface area contributed by atoms with Gasteiger partial charge in [0.1, 0.15) is 23.0 Å². The Hall–Kier alpha value is -2.70. The van der Waals surface area contributed by atoms with Crippen molar-refractivity contribution in [2.45, 2.75) is 205 Å². The average molecular weight is 885 g/mol. The Morgan fingerprint density at radius 2 is 0.500 bits per heavy atom. The van der Waals surface area contributed by atoms with Crippen molar-refractivity contribution in [2.75, 3.05) is 26.4 Å². The molecule has 8 aliphatic heterocycles. The van der Waals surface area contributed by atoms with Crippen LogP contribution in [0, 0.1) is 0 Å². The van der Waals surface area contributed by atoms with Gasteiger partial charge in [-0.3, -0.25) is 0 Å². The molecular formula is C56H84O4S2. The number of benzene rings is 4. The molecule has 0 N–H and O–H groups in total. The molecule has 0 saturated heterocycles. The van der Waals surface area contributed by atoms with Gasteiger partial charge in [-0.2, -0.15) is 23.5 Å². The van der Waals surface area contributed by atoms with Gasteiger partial charge in [-0.15, -0.1) is 0 Å². The van der Waals surface area contributed by atoms with Crippen LogP contribution in [0.4, 0.5) is 0 Å². The van der Waals surface area contributed by atoms with E-state index in [4.69, 9.17) is 18.9 Å². The molecule has 0 saturated carbocycles. The Bertz CT molecular complexity index is 1580. The molecule has 0 unspecified atom stereocenters. The molecular weight excluding hydrogens is 801 g/mol. The SMILES string of the molecule is CCCCCCCCOc1c2ccc3c(OCCCCCCCC)c(ccc13)CSCc1ccc3c(OCCCCCCCC)c(ccc3c1OCCCCCCCC)CSC2. The van der Waals surface area contributed by atoms with E-state index in [2.05, 4.69) is 76.2 Å². The molecule has 4 nitrogen and oxygen atoms in total. The van der Waals surface area contributed by atoms with Crippen LogP contribution >= 0.6 is 23.5 Å². The zero-order chi connectivity index (χ0) is 43.5. The first kappa shape index (κ1) is 50.3. The van der Waals surface area contributed by atoms with Crippen LogP contribution in [-0.4, -0.2) is 26.4 Å². The maximum Gasteiger partial charge on any atom is 0.131 e. The monoisotopic (exact) mass is 885 g/mol. The van der Waals surface area contributed by atoms with Gasteiger partial charge in [-0.1, -0.05) is 205 Å². The van der Waals surface area contributed by atoms with Crippen molar-refractivity contribution in [2.24, 2.45) is 0 Å². The summed E-state index contributed by atoms with van der Waals surface area (Å²) in [6, 6.07) is 18.6. The Morgan fingerprint density at radius 1 is 0.290 bits per heavy atom. The van der Waals surface area contributed by atoms with E-state index < -0.39 is 0 Å². The zero-order valence-electron chi connectivity index (χ0n) is 39.7. The lowest BCUT2D eigenvalue weighted by Gasteiger charge is -2.21. The van der Waals surface area contributed by atoms with Crippen LogP contribution in [0.5, 0.6) is 23.0 Å². The largest absolute Gasteiger partial charge is 0.493 e. The van der Waals surface area contributed by atoms with Gasteiger partial charge in [0.2, 0.25) is 0 Å². The first-order chi connectivity index (χ1) is 30.7. The molecule has 0 spiro atoms. The summed E-state index contributed by atoms with van der Waals surface area (Å²) in [5.41, 5.74) is 5.07. The quantitative estimate of drug-likeness (QED) is 0.0455. The molecule has 0 amide bonds. The molecule has 0 aromatic heterocycles. The van der Waals surface area contributed by atoms with E-state index in [1.807, 2.05) is 23.5 Å². The molecule has 0 aliphatic carbocycles. The number of thioether (sulfide) groups is 2. The van der Waals surface area contributed by atoms with Crippen molar-refractivity contribution in [1.29, 1.82) is 0 Å². The van der Waals surface area contributed by atoms with E-state index in [9.17, 15) is 0 Å². The van der Waals surface area contributed by atoms with Crippen molar-refractivity contribution in [3.8, 4) is 23.0 Å². The highest BCUT2D eigenvalue weighted by Gasteiger charge is 2.20. The minimum absolute atomic E-state index is 0.750. The van der Waals surface area contributed by atoms with Crippen molar-refractivity contribution in [1.82, 2.24) is 0 Å². The number of hydrogen-bond acceptors (Lipinski definition) is 6. The molecule has 8 bridgehead atoms. The van der Waals surface area contributed by atoms with E-state index >= 15 is 0 Å². The number of hydrogen-bond donors (Lipinski definition) is 0.